The van der Waals surface area contributed by atoms with Gasteiger partial charge in [-0.15, -0.1) is 0 Å². The molecule has 2 amide bonds. The molecule has 0 aromatic carbocycles. The van der Waals surface area contributed by atoms with Gasteiger partial charge in [0.25, 0.3) is 0 Å². The Balaban J connectivity index is 0.000000649. The third kappa shape index (κ3) is 26.4. The summed E-state index contributed by atoms with van der Waals surface area (Å²) in [5, 5.41) is 8.73. The van der Waals surface area contributed by atoms with Gasteiger partial charge in [-0.05, 0) is 105 Å². The van der Waals surface area contributed by atoms with Crippen LogP contribution < -0.4 is 21.7 Å². The Labute approximate surface area is 245 Å². The standard InChI is InChI=1S/C15H25N3O2.C9H20N2O2.C6H5NO/c1-15(2,3)20-14(19)18-11-7-6-9-16-12-13-8-4-5-10-17-13;1-9(2,3)13-8(12)11-7-5-4-6-10;8-5-6-3-1-2-4-7-6/h4-5,8,10,16H,6-7,9,11-12H2,1-3H3,(H,18,19);4-7,10H2,1-3H3,(H,11,12);1-5H. The van der Waals surface area contributed by atoms with Crippen LogP contribution in [0.2, 0.25) is 0 Å². The molecule has 41 heavy (non-hydrogen) atoms. The van der Waals surface area contributed by atoms with Crippen LogP contribution >= 0.6 is 0 Å². The molecule has 230 valence electrons. The number of hydrogen-bond acceptors (Lipinski definition) is 9. The van der Waals surface area contributed by atoms with E-state index < -0.39 is 11.2 Å². The molecule has 0 spiro atoms. The average Bonchev–Trinajstić information content (AvgIpc) is 2.90. The second-order valence-corrected chi connectivity index (χ2v) is 10.9. The van der Waals surface area contributed by atoms with Crippen molar-refractivity contribution in [2.75, 3.05) is 26.2 Å². The molecule has 0 atom stereocenters. The Morgan fingerprint density at radius 3 is 1.71 bits per heavy atom. The van der Waals surface area contributed by atoms with Crippen molar-refractivity contribution in [1.29, 1.82) is 0 Å². The van der Waals surface area contributed by atoms with Crippen LogP contribution in [-0.2, 0) is 16.0 Å². The third-order valence-corrected chi connectivity index (χ3v) is 4.59. The monoisotopic (exact) mass is 574 g/mol. The van der Waals surface area contributed by atoms with E-state index >= 15 is 0 Å². The first kappa shape index (κ1) is 37.4. The molecule has 2 aromatic heterocycles. The molecule has 0 aliphatic carbocycles. The molecular weight excluding hydrogens is 524 g/mol. The largest absolute Gasteiger partial charge is 0.444 e. The molecule has 0 aliphatic heterocycles. The highest BCUT2D eigenvalue weighted by Gasteiger charge is 2.16. The fourth-order valence-electron chi connectivity index (χ4n) is 2.82. The summed E-state index contributed by atoms with van der Waals surface area (Å²) in [5.41, 5.74) is 5.97. The van der Waals surface area contributed by atoms with Crippen molar-refractivity contribution in [2.24, 2.45) is 5.73 Å². The van der Waals surface area contributed by atoms with Crippen molar-refractivity contribution >= 4 is 18.5 Å². The minimum Gasteiger partial charge on any atom is -0.444 e. The molecule has 0 bridgehead atoms. The molecule has 0 unspecified atom stereocenters. The predicted octanol–water partition coefficient (Wildman–Crippen LogP) is 4.62. The number of nitrogens with one attached hydrogen (secondary N) is 3. The summed E-state index contributed by atoms with van der Waals surface area (Å²) in [7, 11) is 0. The third-order valence-electron chi connectivity index (χ3n) is 4.59. The normalized spacial score (nSPS) is 10.6. The summed E-state index contributed by atoms with van der Waals surface area (Å²) >= 11 is 0. The quantitative estimate of drug-likeness (QED) is 0.210. The molecule has 11 heteroatoms. The molecule has 0 aliphatic rings. The van der Waals surface area contributed by atoms with E-state index in [-0.39, 0.29) is 12.2 Å². The van der Waals surface area contributed by atoms with Crippen LogP contribution in [-0.4, -0.2) is 65.8 Å². The van der Waals surface area contributed by atoms with Gasteiger partial charge in [-0.1, -0.05) is 12.1 Å². The van der Waals surface area contributed by atoms with E-state index in [2.05, 4.69) is 25.9 Å². The Morgan fingerprint density at radius 2 is 1.29 bits per heavy atom. The van der Waals surface area contributed by atoms with E-state index in [1.54, 1.807) is 30.6 Å². The molecule has 0 fully saturated rings. The number of alkyl carbamates (subject to hydrolysis) is 2. The van der Waals surface area contributed by atoms with Gasteiger partial charge in [-0.3, -0.25) is 14.8 Å². The number of hydrogen-bond donors (Lipinski definition) is 4. The molecule has 0 radical (unpaired) electrons. The summed E-state index contributed by atoms with van der Waals surface area (Å²) < 4.78 is 10.2. The highest BCUT2D eigenvalue weighted by Crippen LogP contribution is 2.07. The van der Waals surface area contributed by atoms with Crippen molar-refractivity contribution in [3.8, 4) is 0 Å². The second-order valence-electron chi connectivity index (χ2n) is 10.9. The van der Waals surface area contributed by atoms with Gasteiger partial charge < -0.3 is 31.2 Å². The predicted molar refractivity (Wildman–Crippen MR) is 162 cm³/mol. The van der Waals surface area contributed by atoms with Crippen LogP contribution in [0.1, 0.15) is 83.4 Å². The number of nitrogens with two attached hydrogens (primary N) is 1. The topological polar surface area (TPSA) is 158 Å². The van der Waals surface area contributed by atoms with Gasteiger partial charge in [0.05, 0.1) is 5.69 Å². The molecule has 2 heterocycles. The Hall–Kier alpha value is -3.57. The average molecular weight is 575 g/mol. The number of carbonyl (C=O) groups excluding carboxylic acids is 3. The molecule has 2 rings (SSSR count). The van der Waals surface area contributed by atoms with Crippen molar-refractivity contribution < 1.29 is 23.9 Å². The van der Waals surface area contributed by atoms with Crippen molar-refractivity contribution in [3.05, 3.63) is 60.2 Å². The number of rotatable bonds is 12. The highest BCUT2D eigenvalue weighted by molar-refractivity contribution is 5.71. The first-order valence-electron chi connectivity index (χ1n) is 14.0. The molecule has 2 aromatic rings. The van der Waals surface area contributed by atoms with Gasteiger partial charge in [-0.2, -0.15) is 0 Å². The lowest BCUT2D eigenvalue weighted by Gasteiger charge is -2.19. The Morgan fingerprint density at radius 1 is 0.780 bits per heavy atom. The van der Waals surface area contributed by atoms with Gasteiger partial charge in [0.1, 0.15) is 16.9 Å². The first-order chi connectivity index (χ1) is 19.4. The zero-order valence-electron chi connectivity index (χ0n) is 25.6. The molecule has 5 N–H and O–H groups in total. The summed E-state index contributed by atoms with van der Waals surface area (Å²) in [4.78, 5) is 40.3. The summed E-state index contributed by atoms with van der Waals surface area (Å²) in [6, 6.07) is 11.1. The Kier molecular flexibility index (Phi) is 20.2. The first-order valence-corrected chi connectivity index (χ1v) is 14.0. The number of aldehydes is 1. The van der Waals surface area contributed by atoms with E-state index in [0.29, 0.717) is 25.3 Å². The zero-order chi connectivity index (χ0) is 31.0. The smallest absolute Gasteiger partial charge is 0.407 e. The number of unbranched alkanes of at least 4 members (excludes halogenated alkanes) is 2. The number of nitrogens with zero attached hydrogens (tertiary/aromatic N) is 2. The number of ether oxygens (including phenoxy) is 2. The summed E-state index contributed by atoms with van der Waals surface area (Å²) in [5.74, 6) is 0. The summed E-state index contributed by atoms with van der Waals surface area (Å²) in [6.45, 7) is 14.7. The fourth-order valence-corrected chi connectivity index (χ4v) is 2.82. The van der Waals surface area contributed by atoms with E-state index in [9.17, 15) is 14.4 Å². The minimum absolute atomic E-state index is 0.348. The molecular formula is C30H50N6O5. The zero-order valence-corrected chi connectivity index (χ0v) is 25.6. The van der Waals surface area contributed by atoms with Crippen molar-refractivity contribution in [1.82, 2.24) is 25.9 Å². The van der Waals surface area contributed by atoms with Crippen molar-refractivity contribution in [3.63, 3.8) is 0 Å². The summed E-state index contributed by atoms with van der Waals surface area (Å²) in [6.07, 6.45) is 7.15. The maximum absolute atomic E-state index is 11.4. The SMILES string of the molecule is CC(C)(C)OC(=O)NCCCCN.CC(C)(C)OC(=O)NCCCCNCc1ccccn1.O=Cc1ccccn1. The Bertz CT molecular complexity index is 947. The van der Waals surface area contributed by atoms with Gasteiger partial charge in [-0.25, -0.2) is 9.59 Å². The number of carbonyl (C=O) groups is 3. The van der Waals surface area contributed by atoms with Crippen molar-refractivity contribution in [2.45, 2.75) is 85.0 Å². The van der Waals surface area contributed by atoms with Gasteiger partial charge in [0, 0.05) is 32.0 Å². The molecule has 0 saturated heterocycles. The molecule has 0 saturated carbocycles. The highest BCUT2D eigenvalue weighted by atomic mass is 16.6. The lowest BCUT2D eigenvalue weighted by molar-refractivity contribution is 0.0515. The van der Waals surface area contributed by atoms with E-state index in [1.807, 2.05) is 59.7 Å². The lowest BCUT2D eigenvalue weighted by atomic mass is 10.2. The fraction of sp³-hybridized carbons (Fsp3) is 0.567. The van der Waals surface area contributed by atoms with E-state index in [4.69, 9.17) is 15.2 Å². The van der Waals surface area contributed by atoms with Crippen LogP contribution in [0.25, 0.3) is 0 Å². The number of aromatic nitrogens is 2. The number of amides is 2. The van der Waals surface area contributed by atoms with Crippen LogP contribution in [0.15, 0.2) is 48.8 Å². The second kappa shape index (κ2) is 22.2. The minimum atomic E-state index is -0.436. The number of pyridine rings is 2. The van der Waals surface area contributed by atoms with Crippen LogP contribution in [0.5, 0.6) is 0 Å². The van der Waals surface area contributed by atoms with E-state index in [0.717, 1.165) is 50.8 Å². The van der Waals surface area contributed by atoms with Crippen LogP contribution in [0, 0.1) is 0 Å². The maximum Gasteiger partial charge on any atom is 0.407 e. The van der Waals surface area contributed by atoms with Gasteiger partial charge in [0.2, 0.25) is 0 Å². The van der Waals surface area contributed by atoms with E-state index in [1.165, 1.54) is 0 Å². The van der Waals surface area contributed by atoms with Gasteiger partial charge >= 0.3 is 12.2 Å². The van der Waals surface area contributed by atoms with Crippen LogP contribution in [0.4, 0.5) is 9.59 Å². The van der Waals surface area contributed by atoms with Crippen LogP contribution in [0.3, 0.4) is 0 Å². The van der Waals surface area contributed by atoms with Gasteiger partial charge in [0.15, 0.2) is 6.29 Å². The maximum atomic E-state index is 11.4. The lowest BCUT2D eigenvalue weighted by Crippen LogP contribution is -2.33. The molecule has 11 nitrogen and oxygen atoms in total.